The smallest absolute Gasteiger partial charge is 0.227 e. The number of nitrogens with two attached hydrogens (primary N) is 1. The lowest BCUT2D eigenvalue weighted by Gasteiger charge is -2.34. The Labute approximate surface area is 119 Å². The average Bonchev–Trinajstić information content (AvgIpc) is 2.48. The van der Waals surface area contributed by atoms with Gasteiger partial charge in [-0.2, -0.15) is 0 Å². The first-order chi connectivity index (χ1) is 9.57. The van der Waals surface area contributed by atoms with E-state index >= 15 is 0 Å². The van der Waals surface area contributed by atoms with Gasteiger partial charge in [-0.05, 0) is 37.0 Å². The molecule has 1 amide bonds. The third kappa shape index (κ3) is 3.18. The van der Waals surface area contributed by atoms with Crippen LogP contribution in [0.4, 0.5) is 4.39 Å². The zero-order valence-electron chi connectivity index (χ0n) is 12.0. The second-order valence-electron chi connectivity index (χ2n) is 5.81. The molecule has 0 spiro atoms. The molecule has 1 fully saturated rings. The average molecular weight is 278 g/mol. The van der Waals surface area contributed by atoms with Gasteiger partial charge < -0.3 is 11.1 Å². The molecule has 0 saturated heterocycles. The fourth-order valence-corrected chi connectivity index (χ4v) is 2.87. The van der Waals surface area contributed by atoms with Gasteiger partial charge in [0, 0.05) is 13.1 Å². The Hall–Kier alpha value is -1.42. The van der Waals surface area contributed by atoms with E-state index in [1.165, 1.54) is 12.5 Å². The molecule has 1 aromatic carbocycles. The van der Waals surface area contributed by atoms with E-state index in [-0.39, 0.29) is 11.7 Å². The van der Waals surface area contributed by atoms with Gasteiger partial charge in [0.25, 0.3) is 0 Å². The molecule has 20 heavy (non-hydrogen) atoms. The number of halogens is 1. The van der Waals surface area contributed by atoms with Crippen LogP contribution in [-0.4, -0.2) is 12.5 Å². The first-order valence-corrected chi connectivity index (χ1v) is 7.31. The molecule has 1 saturated carbocycles. The first kappa shape index (κ1) is 15.0. The summed E-state index contributed by atoms with van der Waals surface area (Å²) >= 11 is 0. The van der Waals surface area contributed by atoms with Crippen molar-refractivity contribution < 1.29 is 9.18 Å². The molecule has 4 heteroatoms. The maximum atomic E-state index is 13.5. The summed E-state index contributed by atoms with van der Waals surface area (Å²) in [6, 6.07) is 5.05. The summed E-state index contributed by atoms with van der Waals surface area (Å²) in [5.74, 6) is -0.219. The largest absolute Gasteiger partial charge is 0.352 e. The molecule has 0 radical (unpaired) electrons. The van der Waals surface area contributed by atoms with Crippen molar-refractivity contribution in [1.29, 1.82) is 0 Å². The number of rotatable bonds is 4. The van der Waals surface area contributed by atoms with E-state index in [0.717, 1.165) is 31.2 Å². The van der Waals surface area contributed by atoms with Crippen molar-refractivity contribution in [1.82, 2.24) is 5.32 Å². The highest BCUT2D eigenvalue weighted by molar-refractivity contribution is 5.83. The Morgan fingerprint density at radius 2 is 2.05 bits per heavy atom. The molecule has 0 heterocycles. The van der Waals surface area contributed by atoms with Crippen molar-refractivity contribution in [2.75, 3.05) is 6.54 Å². The van der Waals surface area contributed by atoms with Crippen molar-refractivity contribution in [3.05, 3.63) is 35.1 Å². The van der Waals surface area contributed by atoms with Gasteiger partial charge in [0.2, 0.25) is 5.91 Å². The van der Waals surface area contributed by atoms with E-state index in [2.05, 4.69) is 5.32 Å². The van der Waals surface area contributed by atoms with Crippen LogP contribution in [0.1, 0.15) is 43.2 Å². The molecule has 1 aliphatic rings. The zero-order chi connectivity index (χ0) is 14.6. The Bertz CT molecular complexity index is 481. The normalized spacial score (nSPS) is 17.8. The molecule has 0 unspecified atom stereocenters. The standard InChI is InChI=1S/C16H23FN2O/c1-12-5-6-13(9-14(12)17)10-19-15(20)16(11-18)7-3-2-4-8-16/h5-6,9H,2-4,7-8,10-11,18H2,1H3,(H,19,20). The van der Waals surface area contributed by atoms with Crippen molar-refractivity contribution in [3.8, 4) is 0 Å². The fraction of sp³-hybridized carbons (Fsp3) is 0.562. The van der Waals surface area contributed by atoms with E-state index in [1.54, 1.807) is 13.0 Å². The quantitative estimate of drug-likeness (QED) is 0.889. The number of hydrogen-bond donors (Lipinski definition) is 2. The highest BCUT2D eigenvalue weighted by atomic mass is 19.1. The molecule has 1 aromatic rings. The number of aryl methyl sites for hydroxylation is 1. The van der Waals surface area contributed by atoms with Crippen LogP contribution in [0.5, 0.6) is 0 Å². The number of nitrogens with one attached hydrogen (secondary N) is 1. The van der Waals surface area contributed by atoms with Crippen LogP contribution in [0.25, 0.3) is 0 Å². The third-order valence-electron chi connectivity index (χ3n) is 4.37. The van der Waals surface area contributed by atoms with E-state index in [9.17, 15) is 9.18 Å². The minimum absolute atomic E-state index is 0.0145. The minimum Gasteiger partial charge on any atom is -0.352 e. The molecule has 0 aromatic heterocycles. The predicted molar refractivity (Wildman–Crippen MR) is 77.6 cm³/mol. The van der Waals surface area contributed by atoms with Crippen LogP contribution in [0, 0.1) is 18.2 Å². The molecule has 0 aliphatic heterocycles. The Balaban J connectivity index is 1.98. The monoisotopic (exact) mass is 278 g/mol. The van der Waals surface area contributed by atoms with Crippen LogP contribution >= 0.6 is 0 Å². The van der Waals surface area contributed by atoms with Crippen molar-refractivity contribution in [2.24, 2.45) is 11.1 Å². The molecule has 3 nitrogen and oxygen atoms in total. The molecule has 3 N–H and O–H groups in total. The van der Waals surface area contributed by atoms with Gasteiger partial charge in [-0.25, -0.2) is 4.39 Å². The summed E-state index contributed by atoms with van der Waals surface area (Å²) < 4.78 is 13.5. The van der Waals surface area contributed by atoms with Crippen LogP contribution in [0.2, 0.25) is 0 Å². The van der Waals surface area contributed by atoms with Gasteiger partial charge in [0.1, 0.15) is 5.82 Å². The summed E-state index contributed by atoms with van der Waals surface area (Å²) in [7, 11) is 0. The summed E-state index contributed by atoms with van der Waals surface area (Å²) in [6.07, 6.45) is 5.01. The van der Waals surface area contributed by atoms with Crippen LogP contribution in [-0.2, 0) is 11.3 Å². The van der Waals surface area contributed by atoms with Crippen LogP contribution < -0.4 is 11.1 Å². The molecule has 0 bridgehead atoms. The zero-order valence-corrected chi connectivity index (χ0v) is 12.0. The van der Waals surface area contributed by atoms with Crippen molar-refractivity contribution in [3.63, 3.8) is 0 Å². The van der Waals surface area contributed by atoms with Gasteiger partial charge in [0.05, 0.1) is 5.41 Å². The second kappa shape index (κ2) is 6.35. The molecule has 0 atom stereocenters. The Kier molecular flexibility index (Phi) is 4.76. The van der Waals surface area contributed by atoms with Gasteiger partial charge >= 0.3 is 0 Å². The van der Waals surface area contributed by atoms with Crippen LogP contribution in [0.3, 0.4) is 0 Å². The fourth-order valence-electron chi connectivity index (χ4n) is 2.87. The highest BCUT2D eigenvalue weighted by Gasteiger charge is 2.37. The van der Waals surface area contributed by atoms with Crippen molar-refractivity contribution in [2.45, 2.75) is 45.6 Å². The molecular formula is C16H23FN2O. The Morgan fingerprint density at radius 1 is 1.35 bits per heavy atom. The topological polar surface area (TPSA) is 55.1 Å². The first-order valence-electron chi connectivity index (χ1n) is 7.31. The summed E-state index contributed by atoms with van der Waals surface area (Å²) in [5, 5.41) is 2.92. The van der Waals surface area contributed by atoms with E-state index in [0.29, 0.717) is 18.7 Å². The molecule has 2 rings (SSSR count). The number of carbonyl (C=O) groups is 1. The number of amides is 1. The molecular weight excluding hydrogens is 255 g/mol. The summed E-state index contributed by atoms with van der Waals surface area (Å²) in [6.45, 7) is 2.47. The number of hydrogen-bond acceptors (Lipinski definition) is 2. The minimum atomic E-state index is -0.415. The maximum Gasteiger partial charge on any atom is 0.227 e. The van der Waals surface area contributed by atoms with Crippen molar-refractivity contribution >= 4 is 5.91 Å². The van der Waals surface area contributed by atoms with Crippen LogP contribution in [0.15, 0.2) is 18.2 Å². The highest BCUT2D eigenvalue weighted by Crippen LogP contribution is 2.35. The lowest BCUT2D eigenvalue weighted by molar-refractivity contribution is -0.132. The maximum absolute atomic E-state index is 13.5. The molecule has 1 aliphatic carbocycles. The van der Waals surface area contributed by atoms with E-state index in [4.69, 9.17) is 5.73 Å². The van der Waals surface area contributed by atoms with Gasteiger partial charge in [-0.3, -0.25) is 4.79 Å². The Morgan fingerprint density at radius 3 is 2.65 bits per heavy atom. The SMILES string of the molecule is Cc1ccc(CNC(=O)C2(CN)CCCCC2)cc1F. The summed E-state index contributed by atoms with van der Waals surface area (Å²) in [5.41, 5.74) is 6.81. The number of benzene rings is 1. The summed E-state index contributed by atoms with van der Waals surface area (Å²) in [4.78, 5) is 12.4. The van der Waals surface area contributed by atoms with E-state index in [1.807, 2.05) is 6.07 Å². The van der Waals surface area contributed by atoms with Gasteiger partial charge in [-0.1, -0.05) is 31.4 Å². The van der Waals surface area contributed by atoms with Gasteiger partial charge in [-0.15, -0.1) is 0 Å². The lowest BCUT2D eigenvalue weighted by atomic mass is 9.73. The van der Waals surface area contributed by atoms with Gasteiger partial charge in [0.15, 0.2) is 0 Å². The molecule has 110 valence electrons. The predicted octanol–water partition coefficient (Wildman–Crippen LogP) is 2.66. The van der Waals surface area contributed by atoms with E-state index < -0.39 is 5.41 Å². The number of carbonyl (C=O) groups excluding carboxylic acids is 1. The third-order valence-corrected chi connectivity index (χ3v) is 4.37. The lowest BCUT2D eigenvalue weighted by Crippen LogP contribution is -2.46. The second-order valence-corrected chi connectivity index (χ2v) is 5.81.